The number of halogens is 4. The fraction of sp³-hybridized carbons (Fsp3) is 0.500. The molecule has 0 spiro atoms. The third-order valence-electron chi connectivity index (χ3n) is 14.5. The van der Waals surface area contributed by atoms with Crippen molar-refractivity contribution in [2.24, 2.45) is 18.9 Å². The fourth-order valence-electron chi connectivity index (χ4n) is 10.2. The highest BCUT2D eigenvalue weighted by Crippen LogP contribution is 2.46. The van der Waals surface area contributed by atoms with Crippen LogP contribution in [0.1, 0.15) is 107 Å². The maximum atomic E-state index is 15.8. The number of piperidine rings is 3. The molecule has 10 nitrogen and oxygen atoms in total. The van der Waals surface area contributed by atoms with Crippen molar-refractivity contribution in [1.82, 2.24) is 35.3 Å². The van der Waals surface area contributed by atoms with Crippen molar-refractivity contribution in [2.45, 2.75) is 102 Å². The SMILES string of the molecule is C1CC1.C=C1CCC(c2nn(C)c3cc(C4CCN(CC5CCN(c6ncc(Cl)c(Nc7cc8c(cc7F)N(C)C(=C)C7=C8NC(C)C(F)(F)CC7)n6)CC5C)CC4)ccc23)C(=C)N1. The van der Waals surface area contributed by atoms with Gasteiger partial charge in [-0.3, -0.25) is 4.68 Å². The standard InChI is InChI=1S/C47H56ClF3N10.C3H6/c1-26-24-61(19-15-33(26)25-60-17-13-31(14-18-60)32-9-11-36-42(20-32)59(7)57-44(36)34-10-8-27(2)53-28(34)3)46-52-23-38(48)45(56-46)55-40-21-37-41(22-39(40)49)58(6)29(4)35-12-16-47(50,51)30(5)54-43(35)37;1-2-3-1/h9,11,20-23,26,30-31,33-34,53-54H,2-4,8,10,12-19,24-25H2,1,5-7H3,(H,52,55,56);1-3H2. The van der Waals surface area contributed by atoms with E-state index in [1.165, 1.54) is 48.7 Å². The lowest BCUT2D eigenvalue weighted by Gasteiger charge is -2.41. The Morgan fingerprint density at radius 1 is 0.969 bits per heavy atom. The Morgan fingerprint density at radius 2 is 1.73 bits per heavy atom. The molecule has 2 aromatic heterocycles. The van der Waals surface area contributed by atoms with Gasteiger partial charge in [-0.15, -0.1) is 0 Å². The van der Waals surface area contributed by atoms with Crippen molar-refractivity contribution in [3.63, 3.8) is 0 Å². The molecule has 4 fully saturated rings. The van der Waals surface area contributed by atoms with Gasteiger partial charge in [0.05, 0.1) is 34.8 Å². The van der Waals surface area contributed by atoms with E-state index >= 15 is 4.39 Å². The van der Waals surface area contributed by atoms with E-state index in [2.05, 4.69) is 75.6 Å². The van der Waals surface area contributed by atoms with Crippen LogP contribution in [0.15, 0.2) is 78.9 Å². The maximum Gasteiger partial charge on any atom is 0.267 e. The largest absolute Gasteiger partial charge is 0.376 e. The van der Waals surface area contributed by atoms with Crippen LogP contribution in [0.5, 0.6) is 0 Å². The minimum Gasteiger partial charge on any atom is -0.376 e. The lowest BCUT2D eigenvalue weighted by atomic mass is 9.84. The minimum atomic E-state index is -2.91. The second kappa shape index (κ2) is 17.8. The van der Waals surface area contributed by atoms with E-state index in [0.29, 0.717) is 51.9 Å². The van der Waals surface area contributed by atoms with Gasteiger partial charge in [0, 0.05) is 85.9 Å². The zero-order chi connectivity index (χ0) is 45.0. The summed E-state index contributed by atoms with van der Waals surface area (Å²) in [6, 6.07) is 8.88. The zero-order valence-electron chi connectivity index (χ0n) is 37.7. The van der Waals surface area contributed by atoms with Crippen LogP contribution >= 0.6 is 11.6 Å². The molecule has 64 heavy (non-hydrogen) atoms. The molecular weight excluding hydrogens is 833 g/mol. The van der Waals surface area contributed by atoms with E-state index in [4.69, 9.17) is 21.7 Å². The summed E-state index contributed by atoms with van der Waals surface area (Å²) in [6.07, 6.45) is 11.1. The molecule has 14 heteroatoms. The highest BCUT2D eigenvalue weighted by Gasteiger charge is 2.42. The van der Waals surface area contributed by atoms with Crippen LogP contribution in [-0.4, -0.2) is 76.4 Å². The third-order valence-corrected chi connectivity index (χ3v) is 14.7. The smallest absolute Gasteiger partial charge is 0.267 e. The molecule has 1 aliphatic carbocycles. The zero-order valence-corrected chi connectivity index (χ0v) is 38.5. The summed E-state index contributed by atoms with van der Waals surface area (Å²) in [4.78, 5) is 16.0. The van der Waals surface area contributed by atoms with Crippen LogP contribution in [0, 0.1) is 17.7 Å². The summed E-state index contributed by atoms with van der Waals surface area (Å²) in [7, 11) is 3.82. The number of rotatable bonds is 7. The maximum absolute atomic E-state index is 15.8. The highest BCUT2D eigenvalue weighted by molar-refractivity contribution is 6.33. The first-order valence-corrected chi connectivity index (χ1v) is 23.5. The number of likely N-dealkylation sites (tertiary alicyclic amines) is 1. The van der Waals surface area contributed by atoms with Crippen LogP contribution in [0.25, 0.3) is 16.6 Å². The van der Waals surface area contributed by atoms with Gasteiger partial charge in [-0.05, 0) is 99.6 Å². The van der Waals surface area contributed by atoms with Gasteiger partial charge in [-0.25, -0.2) is 18.2 Å². The molecule has 4 unspecified atom stereocenters. The normalized spacial score (nSPS) is 24.9. The number of aromatic nitrogens is 4. The molecule has 4 aromatic rings. The Labute approximate surface area is 380 Å². The Balaban J connectivity index is 0.00000166. The number of aryl methyl sites for hydroxylation is 1. The lowest BCUT2D eigenvalue weighted by molar-refractivity contribution is -0.0319. The van der Waals surface area contributed by atoms with E-state index in [0.717, 1.165) is 81.9 Å². The molecular formula is C50H62ClF3N10. The second-order valence-electron chi connectivity index (χ2n) is 19.1. The predicted octanol–water partition coefficient (Wildman–Crippen LogP) is 11.0. The molecule has 0 radical (unpaired) electrons. The average molecular weight is 896 g/mol. The Kier molecular flexibility index (Phi) is 12.3. The summed E-state index contributed by atoms with van der Waals surface area (Å²) in [5.74, 6) is -0.965. The van der Waals surface area contributed by atoms with Crippen molar-refractivity contribution < 1.29 is 13.2 Å². The number of hydrogen-bond acceptors (Lipinski definition) is 9. The van der Waals surface area contributed by atoms with E-state index in [1.54, 1.807) is 24.2 Å². The summed E-state index contributed by atoms with van der Waals surface area (Å²) in [6.45, 7) is 21.1. The van der Waals surface area contributed by atoms with E-state index < -0.39 is 17.8 Å². The number of likely N-dealkylation sites (N-methyl/N-ethyl adjacent to an activating group) is 1. The van der Waals surface area contributed by atoms with Gasteiger partial charge >= 0.3 is 0 Å². The molecule has 10 rings (SSSR count). The van der Waals surface area contributed by atoms with Crippen LogP contribution in [0.4, 0.5) is 36.3 Å². The number of hydrogen-bond donors (Lipinski definition) is 3. The first-order chi connectivity index (χ1) is 30.6. The number of allylic oxidation sites excluding steroid dienone is 3. The number of nitrogens with one attached hydrogen (secondary N) is 3. The monoisotopic (exact) mass is 894 g/mol. The van der Waals surface area contributed by atoms with Gasteiger partial charge in [0.1, 0.15) is 10.8 Å². The third kappa shape index (κ3) is 8.86. The van der Waals surface area contributed by atoms with Crippen molar-refractivity contribution >= 4 is 51.3 Å². The molecule has 3 saturated heterocycles. The topological polar surface area (TPSA) is 89.4 Å². The van der Waals surface area contributed by atoms with Gasteiger partial charge < -0.3 is 30.7 Å². The van der Waals surface area contributed by atoms with Gasteiger partial charge in [-0.2, -0.15) is 10.1 Å². The average Bonchev–Trinajstić information content (AvgIpc) is 4.14. The molecule has 0 bridgehead atoms. The predicted molar refractivity (Wildman–Crippen MR) is 254 cm³/mol. The fourth-order valence-corrected chi connectivity index (χ4v) is 10.3. The van der Waals surface area contributed by atoms with Gasteiger partial charge in [0.15, 0.2) is 5.82 Å². The first-order valence-electron chi connectivity index (χ1n) is 23.2. The second-order valence-corrected chi connectivity index (χ2v) is 19.5. The molecule has 7 heterocycles. The number of anilines is 4. The van der Waals surface area contributed by atoms with Crippen molar-refractivity contribution in [3.8, 4) is 0 Å². The molecule has 6 aliphatic rings. The summed E-state index contributed by atoms with van der Waals surface area (Å²) in [5.41, 5.74) is 8.78. The molecule has 1 saturated carbocycles. The Hall–Kier alpha value is -5.01. The molecule has 5 aliphatic heterocycles. The molecule has 340 valence electrons. The number of nitrogens with zero attached hydrogens (tertiary/aromatic N) is 7. The Bertz CT molecular complexity index is 2500. The number of benzene rings is 2. The minimum absolute atomic E-state index is 0.136. The van der Waals surface area contributed by atoms with Gasteiger partial charge in [0.2, 0.25) is 5.95 Å². The lowest BCUT2D eigenvalue weighted by Crippen LogP contribution is -2.45. The van der Waals surface area contributed by atoms with E-state index in [-0.39, 0.29) is 35.3 Å². The van der Waals surface area contributed by atoms with Crippen molar-refractivity contribution in [2.75, 3.05) is 54.9 Å². The Morgan fingerprint density at radius 3 is 2.45 bits per heavy atom. The quantitative estimate of drug-likeness (QED) is 0.168. The number of alkyl halides is 2. The van der Waals surface area contributed by atoms with E-state index in [1.807, 2.05) is 11.7 Å². The van der Waals surface area contributed by atoms with Crippen LogP contribution in [0.3, 0.4) is 0 Å². The summed E-state index contributed by atoms with van der Waals surface area (Å²) >= 11 is 6.62. The van der Waals surface area contributed by atoms with Gasteiger partial charge in [0.25, 0.3) is 5.92 Å². The summed E-state index contributed by atoms with van der Waals surface area (Å²) < 4.78 is 47.5. The van der Waals surface area contributed by atoms with Crippen LogP contribution in [0.2, 0.25) is 5.02 Å². The van der Waals surface area contributed by atoms with Crippen LogP contribution < -0.4 is 25.8 Å². The molecule has 4 atom stereocenters. The molecule has 0 amide bonds. The van der Waals surface area contributed by atoms with Crippen LogP contribution in [-0.2, 0) is 7.05 Å². The highest BCUT2D eigenvalue weighted by atomic mass is 35.5. The number of fused-ring (bicyclic) bond motifs is 3. The van der Waals surface area contributed by atoms with Gasteiger partial charge in [-0.1, -0.05) is 69.7 Å². The molecule has 3 N–H and O–H groups in total. The molecule has 2 aromatic carbocycles. The first kappa shape index (κ1) is 44.2. The van der Waals surface area contributed by atoms with E-state index in [9.17, 15) is 8.78 Å². The summed E-state index contributed by atoms with van der Waals surface area (Å²) in [5, 5.41) is 15.9. The van der Waals surface area contributed by atoms with Crippen molar-refractivity contribution in [3.05, 3.63) is 107 Å². The van der Waals surface area contributed by atoms with Crippen molar-refractivity contribution in [1.29, 1.82) is 0 Å².